The quantitative estimate of drug-likeness (QED) is 0.849. The third-order valence-electron chi connectivity index (χ3n) is 3.24. The molecule has 20 heavy (non-hydrogen) atoms. The number of halogens is 1. The maximum Gasteiger partial charge on any atom is 0.0484 e. The van der Waals surface area contributed by atoms with Gasteiger partial charge in [0.1, 0.15) is 0 Å². The highest BCUT2D eigenvalue weighted by Crippen LogP contribution is 2.28. The van der Waals surface area contributed by atoms with Gasteiger partial charge in [-0.15, -0.1) is 0 Å². The van der Waals surface area contributed by atoms with E-state index in [0.29, 0.717) is 11.4 Å². The zero-order valence-corrected chi connectivity index (χ0v) is 12.4. The van der Waals surface area contributed by atoms with Crippen LogP contribution in [0.3, 0.4) is 0 Å². The van der Waals surface area contributed by atoms with Crippen LogP contribution in [0, 0.1) is 0 Å². The van der Waals surface area contributed by atoms with Crippen LogP contribution in [-0.2, 0) is 11.2 Å². The smallest absolute Gasteiger partial charge is 0.0484 e. The Balaban J connectivity index is 2.38. The number of rotatable bonds is 5. The molecule has 0 aliphatic carbocycles. The number of carbonyl (C=O) groups excluding carboxylic acids is 1. The van der Waals surface area contributed by atoms with Crippen molar-refractivity contribution in [1.29, 1.82) is 0 Å². The fraction of sp³-hybridized carbons (Fsp3) is 0.312. The number of aryl methyl sites for hydroxylation is 1. The van der Waals surface area contributed by atoms with Crippen LogP contribution in [0.5, 0.6) is 0 Å². The van der Waals surface area contributed by atoms with Gasteiger partial charge in [0.2, 0.25) is 0 Å². The van der Waals surface area contributed by atoms with Gasteiger partial charge in [-0.1, -0.05) is 23.7 Å². The molecule has 2 aromatic rings. The van der Waals surface area contributed by atoms with E-state index in [9.17, 15) is 9.90 Å². The lowest BCUT2D eigenvalue weighted by atomic mass is 10.1. The molecule has 0 aliphatic heterocycles. The van der Waals surface area contributed by atoms with E-state index in [1.807, 2.05) is 36.4 Å². The van der Waals surface area contributed by atoms with Gasteiger partial charge >= 0.3 is 0 Å². The predicted octanol–water partition coefficient (Wildman–Crippen LogP) is 3.07. The molecule has 0 bridgehead atoms. The Morgan fingerprint density at radius 2 is 1.85 bits per heavy atom. The van der Waals surface area contributed by atoms with E-state index in [1.54, 1.807) is 0 Å². The summed E-state index contributed by atoms with van der Waals surface area (Å²) >= 11 is 5.91. The molecule has 0 saturated heterocycles. The monoisotopic (exact) mass is 290 g/mol. The number of nitrogens with zero attached hydrogens (tertiary/aromatic N) is 1. The number of carboxylic acid groups (broad SMARTS) is 1. The SMILES string of the molecule is CC(C)n1c(CCC(=O)[O-])ccc1-c1ccc(Cl)cc1. The van der Waals surface area contributed by atoms with E-state index in [2.05, 4.69) is 18.4 Å². The topological polar surface area (TPSA) is 45.1 Å². The Labute approximate surface area is 123 Å². The molecule has 0 amide bonds. The Bertz CT molecular complexity index is 599. The Hall–Kier alpha value is -1.74. The van der Waals surface area contributed by atoms with E-state index in [1.165, 1.54) is 0 Å². The van der Waals surface area contributed by atoms with E-state index in [-0.39, 0.29) is 12.5 Å². The van der Waals surface area contributed by atoms with Crippen molar-refractivity contribution in [3.63, 3.8) is 0 Å². The van der Waals surface area contributed by atoms with Crippen LogP contribution in [0.2, 0.25) is 5.02 Å². The minimum atomic E-state index is -1.02. The molecular weight excluding hydrogens is 274 g/mol. The van der Waals surface area contributed by atoms with Crippen molar-refractivity contribution < 1.29 is 9.90 Å². The van der Waals surface area contributed by atoms with Gasteiger partial charge in [0.15, 0.2) is 0 Å². The highest BCUT2D eigenvalue weighted by Gasteiger charge is 2.12. The molecule has 4 heteroatoms. The van der Waals surface area contributed by atoms with Crippen LogP contribution in [0.25, 0.3) is 11.3 Å². The first-order valence-electron chi connectivity index (χ1n) is 6.65. The molecule has 0 saturated carbocycles. The maximum absolute atomic E-state index is 10.6. The standard InChI is InChI=1S/C16H18ClNO2/c1-11(2)18-14(8-10-16(19)20)7-9-15(18)12-3-5-13(17)6-4-12/h3-7,9,11H,8,10H2,1-2H3,(H,19,20)/p-1. The number of aromatic nitrogens is 1. The fourth-order valence-corrected chi connectivity index (χ4v) is 2.52. The lowest BCUT2D eigenvalue weighted by Crippen LogP contribution is -2.23. The number of hydrogen-bond acceptors (Lipinski definition) is 2. The first-order valence-corrected chi connectivity index (χ1v) is 7.02. The van der Waals surface area contributed by atoms with Crippen molar-refractivity contribution >= 4 is 17.6 Å². The van der Waals surface area contributed by atoms with Gasteiger partial charge in [-0.2, -0.15) is 0 Å². The summed E-state index contributed by atoms with van der Waals surface area (Å²) in [4.78, 5) is 10.6. The minimum Gasteiger partial charge on any atom is -0.550 e. The van der Waals surface area contributed by atoms with Crippen LogP contribution in [0.4, 0.5) is 0 Å². The summed E-state index contributed by atoms with van der Waals surface area (Å²) in [6.07, 6.45) is 0.519. The molecule has 3 nitrogen and oxygen atoms in total. The highest BCUT2D eigenvalue weighted by atomic mass is 35.5. The Morgan fingerprint density at radius 1 is 1.20 bits per heavy atom. The maximum atomic E-state index is 10.6. The molecule has 0 aliphatic rings. The summed E-state index contributed by atoms with van der Waals surface area (Å²) in [7, 11) is 0. The summed E-state index contributed by atoms with van der Waals surface area (Å²) in [6, 6.07) is 11.9. The number of hydrogen-bond donors (Lipinski definition) is 0. The summed E-state index contributed by atoms with van der Waals surface area (Å²) in [5.74, 6) is -1.02. The first-order chi connectivity index (χ1) is 9.49. The van der Waals surface area contributed by atoms with Crippen molar-refractivity contribution in [2.45, 2.75) is 32.7 Å². The molecular formula is C16H17ClNO2-. The van der Waals surface area contributed by atoms with Gasteiger partial charge in [-0.05, 0) is 56.5 Å². The molecule has 0 radical (unpaired) electrons. The lowest BCUT2D eigenvalue weighted by Gasteiger charge is -2.18. The van der Waals surface area contributed by atoms with Crippen LogP contribution >= 0.6 is 11.6 Å². The van der Waals surface area contributed by atoms with Crippen molar-refractivity contribution in [2.24, 2.45) is 0 Å². The lowest BCUT2D eigenvalue weighted by molar-refractivity contribution is -0.305. The third-order valence-corrected chi connectivity index (χ3v) is 3.50. The van der Waals surface area contributed by atoms with Crippen LogP contribution < -0.4 is 5.11 Å². The van der Waals surface area contributed by atoms with Gasteiger partial charge < -0.3 is 14.5 Å². The Morgan fingerprint density at radius 3 is 2.40 bits per heavy atom. The van der Waals surface area contributed by atoms with Crippen LogP contribution in [0.1, 0.15) is 32.0 Å². The average Bonchev–Trinajstić information content (AvgIpc) is 2.81. The zero-order chi connectivity index (χ0) is 14.7. The molecule has 1 heterocycles. The molecule has 0 unspecified atom stereocenters. The highest BCUT2D eigenvalue weighted by molar-refractivity contribution is 6.30. The number of carboxylic acids is 1. The van der Waals surface area contributed by atoms with Crippen molar-refractivity contribution in [3.05, 3.63) is 47.1 Å². The van der Waals surface area contributed by atoms with Crippen LogP contribution in [0.15, 0.2) is 36.4 Å². The zero-order valence-electron chi connectivity index (χ0n) is 11.6. The number of carbonyl (C=O) groups is 1. The molecule has 106 valence electrons. The summed E-state index contributed by atoms with van der Waals surface area (Å²) < 4.78 is 2.16. The summed E-state index contributed by atoms with van der Waals surface area (Å²) in [6.45, 7) is 4.17. The first kappa shape index (κ1) is 14.7. The fourth-order valence-electron chi connectivity index (χ4n) is 2.39. The second-order valence-electron chi connectivity index (χ2n) is 5.05. The molecule has 1 aromatic carbocycles. The van der Waals surface area contributed by atoms with Gasteiger partial charge in [0.05, 0.1) is 0 Å². The van der Waals surface area contributed by atoms with E-state index in [4.69, 9.17) is 11.6 Å². The molecule has 0 N–H and O–H groups in total. The van der Waals surface area contributed by atoms with E-state index in [0.717, 1.165) is 17.0 Å². The Kier molecular flexibility index (Phi) is 4.50. The second-order valence-corrected chi connectivity index (χ2v) is 5.49. The minimum absolute atomic E-state index is 0.0385. The molecule has 0 spiro atoms. The third kappa shape index (κ3) is 3.23. The second kappa shape index (κ2) is 6.14. The van der Waals surface area contributed by atoms with Gasteiger partial charge in [-0.3, -0.25) is 0 Å². The number of benzene rings is 1. The molecule has 0 atom stereocenters. The predicted molar refractivity (Wildman–Crippen MR) is 78.6 cm³/mol. The molecule has 0 fully saturated rings. The van der Waals surface area contributed by atoms with Crippen molar-refractivity contribution in [1.82, 2.24) is 4.57 Å². The van der Waals surface area contributed by atoms with E-state index >= 15 is 0 Å². The van der Waals surface area contributed by atoms with Crippen LogP contribution in [-0.4, -0.2) is 10.5 Å². The normalized spacial score (nSPS) is 11.0. The largest absolute Gasteiger partial charge is 0.550 e. The molecule has 1 aromatic heterocycles. The average molecular weight is 291 g/mol. The van der Waals surface area contributed by atoms with Gasteiger partial charge in [0.25, 0.3) is 0 Å². The van der Waals surface area contributed by atoms with Crippen molar-refractivity contribution in [2.75, 3.05) is 0 Å². The van der Waals surface area contributed by atoms with Gasteiger partial charge in [-0.25, -0.2) is 0 Å². The van der Waals surface area contributed by atoms with E-state index < -0.39 is 5.97 Å². The van der Waals surface area contributed by atoms with Crippen molar-refractivity contribution in [3.8, 4) is 11.3 Å². The summed E-state index contributed by atoms with van der Waals surface area (Å²) in [5, 5.41) is 11.3. The molecule has 2 rings (SSSR count). The van der Waals surface area contributed by atoms with Gasteiger partial charge in [0, 0.05) is 28.4 Å². The summed E-state index contributed by atoms with van der Waals surface area (Å²) in [5.41, 5.74) is 3.15. The number of aliphatic carboxylic acids is 1.